The van der Waals surface area contributed by atoms with Crippen LogP contribution in [0.1, 0.15) is 36.6 Å². The number of rotatable bonds is 7. The molecule has 0 N–H and O–H groups in total. The Morgan fingerprint density at radius 3 is 1.88 bits per heavy atom. The smallest absolute Gasteiger partial charge is 0.318 e. The van der Waals surface area contributed by atoms with E-state index in [2.05, 4.69) is 36.4 Å². The van der Waals surface area contributed by atoms with Crippen LogP contribution in [0.25, 0.3) is 0 Å². The van der Waals surface area contributed by atoms with Crippen LogP contribution in [-0.4, -0.2) is 41.6 Å². The van der Waals surface area contributed by atoms with E-state index in [-0.39, 0.29) is 12.2 Å². The van der Waals surface area contributed by atoms with Crippen molar-refractivity contribution in [2.24, 2.45) is 0 Å². The zero-order valence-corrected chi connectivity index (χ0v) is 22.8. The minimum absolute atomic E-state index is 0.232. The molecule has 1 fully saturated rings. The normalized spacial score (nSPS) is 21.6. The Labute approximate surface area is 233 Å². The van der Waals surface area contributed by atoms with Gasteiger partial charge in [0.15, 0.2) is 5.79 Å². The van der Waals surface area contributed by atoms with Gasteiger partial charge in [-0.1, -0.05) is 97.1 Å². The van der Waals surface area contributed by atoms with Gasteiger partial charge in [-0.15, -0.1) is 0 Å². The first kappa shape index (κ1) is 26.3. The molecule has 0 bridgehead atoms. The van der Waals surface area contributed by atoms with E-state index in [0.29, 0.717) is 0 Å². The van der Waals surface area contributed by atoms with Gasteiger partial charge in [0.25, 0.3) is 0 Å². The maximum atomic E-state index is 13.1. The predicted octanol–water partition coefficient (Wildman–Crippen LogP) is 3.42. The highest BCUT2D eigenvalue weighted by molar-refractivity contribution is 6.06. The minimum atomic E-state index is -0.902. The summed E-state index contributed by atoms with van der Waals surface area (Å²) in [4.78, 5) is 25.2. The van der Waals surface area contributed by atoms with Crippen molar-refractivity contribution in [3.05, 3.63) is 152 Å². The number of hydrogen-bond acceptors (Lipinski definition) is 5. The fourth-order valence-corrected chi connectivity index (χ4v) is 5.88. The van der Waals surface area contributed by atoms with E-state index < -0.39 is 35.3 Å². The van der Waals surface area contributed by atoms with E-state index in [1.54, 1.807) is 0 Å². The Bertz CT molecular complexity index is 1550. The van der Waals surface area contributed by atoms with Gasteiger partial charge in [0, 0.05) is 12.3 Å². The lowest BCUT2D eigenvalue weighted by atomic mass is 9.80. The molecule has 2 aliphatic rings. The van der Waals surface area contributed by atoms with Gasteiger partial charge in [-0.25, -0.2) is 4.79 Å². The van der Waals surface area contributed by atoms with Crippen LogP contribution >= 0.6 is 0 Å². The molecule has 7 nitrogen and oxygen atoms in total. The van der Waals surface area contributed by atoms with Gasteiger partial charge in [0.1, 0.15) is 17.8 Å². The summed E-state index contributed by atoms with van der Waals surface area (Å²) in [5, 5.41) is 0. The Balaban J connectivity index is 1.45. The van der Waals surface area contributed by atoms with Crippen molar-refractivity contribution in [2.75, 3.05) is 6.61 Å². The highest BCUT2D eigenvalue weighted by atomic mass is 16.8. The molecule has 3 atom stereocenters. The van der Waals surface area contributed by atoms with Gasteiger partial charge in [0.2, 0.25) is 13.5 Å². The topological polar surface area (TPSA) is 71.7 Å². The van der Waals surface area contributed by atoms with Crippen molar-refractivity contribution in [1.29, 1.82) is 0 Å². The van der Waals surface area contributed by atoms with Crippen LogP contribution < -0.4 is 11.2 Å². The van der Waals surface area contributed by atoms with Gasteiger partial charge in [0.05, 0.1) is 12.6 Å². The molecule has 40 heavy (non-hydrogen) atoms. The van der Waals surface area contributed by atoms with Crippen LogP contribution in [0.3, 0.4) is 0 Å². The third-order valence-electron chi connectivity index (χ3n) is 7.75. The molecule has 0 spiro atoms. The largest absolute Gasteiger partial charge is 0.356 e. The number of nitrogens with zero attached hydrogens (tertiary/aromatic N) is 2. The zero-order valence-electron chi connectivity index (χ0n) is 22.8. The molecule has 0 amide bonds. The Morgan fingerprint density at radius 2 is 1.35 bits per heavy atom. The molecule has 4 aromatic rings. The Hall–Kier alpha value is -3.98. The Kier molecular flexibility index (Phi) is 6.70. The van der Waals surface area contributed by atoms with E-state index in [1.807, 2.05) is 74.5 Å². The summed E-state index contributed by atoms with van der Waals surface area (Å²) >= 11 is 0. The zero-order chi connectivity index (χ0) is 27.9. The lowest BCUT2D eigenvalue weighted by Crippen LogP contribution is -2.42. The minimum Gasteiger partial charge on any atom is -0.356 e. The second kappa shape index (κ2) is 10.2. The SMILES string of the molecule is Bn1c(=O)ccn([C@@H]2C=C(COC(c3ccccc3)(c3ccccc3)c3ccccc3)[C@H]3OC(C)(C)O[C@H]32)c1=O. The van der Waals surface area contributed by atoms with Gasteiger partial charge >= 0.3 is 5.69 Å². The highest BCUT2D eigenvalue weighted by Gasteiger charge is 2.51. The number of hydrogen-bond donors (Lipinski definition) is 0. The van der Waals surface area contributed by atoms with Crippen LogP contribution in [-0.2, 0) is 19.8 Å². The number of aromatic nitrogens is 2. The molecule has 1 aliphatic heterocycles. The van der Waals surface area contributed by atoms with Crippen LogP contribution in [0.2, 0.25) is 0 Å². The second-order valence-electron chi connectivity index (χ2n) is 10.7. The second-order valence-corrected chi connectivity index (χ2v) is 10.7. The molecule has 1 aromatic heterocycles. The molecule has 3 aromatic carbocycles. The fourth-order valence-electron chi connectivity index (χ4n) is 5.88. The number of benzene rings is 3. The highest BCUT2D eigenvalue weighted by Crippen LogP contribution is 2.45. The van der Waals surface area contributed by atoms with Crippen LogP contribution in [0.5, 0.6) is 0 Å². The summed E-state index contributed by atoms with van der Waals surface area (Å²) < 4.78 is 22.4. The van der Waals surface area contributed by atoms with E-state index in [9.17, 15) is 9.59 Å². The lowest BCUT2D eigenvalue weighted by Gasteiger charge is -2.36. The van der Waals surface area contributed by atoms with Crippen molar-refractivity contribution in [1.82, 2.24) is 9.05 Å². The fraction of sp³-hybridized carbons (Fsp3) is 0.250. The summed E-state index contributed by atoms with van der Waals surface area (Å²) in [5.74, 6) is -0.841. The van der Waals surface area contributed by atoms with Crippen molar-refractivity contribution in [3.63, 3.8) is 0 Å². The third-order valence-corrected chi connectivity index (χ3v) is 7.75. The quantitative estimate of drug-likeness (QED) is 0.207. The van der Waals surface area contributed by atoms with Crippen molar-refractivity contribution >= 4 is 7.98 Å². The van der Waals surface area contributed by atoms with E-state index in [4.69, 9.17) is 14.2 Å². The first-order chi connectivity index (χ1) is 19.3. The van der Waals surface area contributed by atoms with Crippen LogP contribution in [0, 0.1) is 0 Å². The van der Waals surface area contributed by atoms with Crippen molar-refractivity contribution in [2.45, 2.75) is 43.5 Å². The molecule has 8 heteroatoms. The van der Waals surface area contributed by atoms with Gasteiger partial charge in [-0.3, -0.25) is 9.36 Å². The van der Waals surface area contributed by atoms with Gasteiger partial charge in [-0.2, -0.15) is 0 Å². The summed E-state index contributed by atoms with van der Waals surface area (Å²) in [6.07, 6.45) is 2.67. The average Bonchev–Trinajstić information content (AvgIpc) is 3.47. The first-order valence-corrected chi connectivity index (χ1v) is 13.5. The molecule has 0 saturated carbocycles. The average molecular weight is 534 g/mol. The Morgan fingerprint density at radius 1 is 0.825 bits per heavy atom. The molecular formula is C32H31BN2O5. The first-order valence-electron chi connectivity index (χ1n) is 13.5. The molecule has 1 saturated heterocycles. The molecule has 202 valence electrons. The van der Waals surface area contributed by atoms with E-state index >= 15 is 0 Å². The molecule has 2 heterocycles. The van der Waals surface area contributed by atoms with Crippen molar-refractivity contribution in [3.8, 4) is 0 Å². The molecular weight excluding hydrogens is 503 g/mol. The maximum absolute atomic E-state index is 13.1. The van der Waals surface area contributed by atoms with Crippen LogP contribution in [0.15, 0.2) is 124 Å². The van der Waals surface area contributed by atoms with E-state index in [0.717, 1.165) is 26.7 Å². The summed E-state index contributed by atoms with van der Waals surface area (Å²) in [5.41, 5.74) is 2.21. The van der Waals surface area contributed by atoms with Crippen molar-refractivity contribution < 1.29 is 14.2 Å². The molecule has 0 unspecified atom stereocenters. The maximum Gasteiger partial charge on any atom is 0.318 e. The summed E-state index contributed by atoms with van der Waals surface area (Å²) in [6.45, 7) is 3.97. The molecule has 1 aliphatic carbocycles. The predicted molar refractivity (Wildman–Crippen MR) is 155 cm³/mol. The molecule has 0 radical (unpaired) electrons. The van der Waals surface area contributed by atoms with Gasteiger partial charge < -0.3 is 18.7 Å². The summed E-state index contributed by atoms with van der Waals surface area (Å²) in [7, 11) is 1.48. The summed E-state index contributed by atoms with van der Waals surface area (Å²) in [6, 6.07) is 31.5. The monoisotopic (exact) mass is 534 g/mol. The number of fused-ring (bicyclic) bond motifs is 1. The van der Waals surface area contributed by atoms with Gasteiger partial charge in [-0.05, 0) is 36.1 Å². The van der Waals surface area contributed by atoms with Crippen LogP contribution in [0.4, 0.5) is 0 Å². The standard InChI is InChI=1S/C32H31BN2O5/c1-31(2)39-28-22(20-26(29(28)40-31)34-19-18-27(36)35(33)30(34)37)21-38-32(23-12-6-3-7-13-23,24-14-8-4-9-15-24)25-16-10-5-11-17-25/h3-20,26,28-29H,21,33H2,1-2H3/t26-,28-,29+/m1/s1. The third kappa shape index (κ3) is 4.48. The van der Waals surface area contributed by atoms with E-state index in [1.165, 1.54) is 24.8 Å². The molecule has 6 rings (SSSR count). The lowest BCUT2D eigenvalue weighted by molar-refractivity contribution is -0.148. The number of ether oxygens (including phenoxy) is 3.